The molecule has 0 fully saturated rings. The standard InChI is InChI=1S/C16H18N2/c1-18-12-15-11-14(9-10-16(15)17)8-7-13-5-3-2-4-6-13/h2-6,9-12H,7-8,17H2,1H3. The number of hydrogen-bond acceptors (Lipinski definition) is 2. The maximum Gasteiger partial charge on any atom is 0.0403 e. The van der Waals surface area contributed by atoms with E-state index in [0.717, 1.165) is 24.1 Å². The molecule has 0 amide bonds. The summed E-state index contributed by atoms with van der Waals surface area (Å²) in [4.78, 5) is 4.02. The van der Waals surface area contributed by atoms with Gasteiger partial charge in [-0.05, 0) is 36.1 Å². The van der Waals surface area contributed by atoms with Crippen LogP contribution in [-0.2, 0) is 12.8 Å². The van der Waals surface area contributed by atoms with Crippen molar-refractivity contribution in [3.8, 4) is 0 Å². The van der Waals surface area contributed by atoms with Crippen molar-refractivity contribution in [3.63, 3.8) is 0 Å². The number of aryl methyl sites for hydroxylation is 2. The average molecular weight is 238 g/mol. The van der Waals surface area contributed by atoms with E-state index in [2.05, 4.69) is 41.4 Å². The van der Waals surface area contributed by atoms with Gasteiger partial charge >= 0.3 is 0 Å². The van der Waals surface area contributed by atoms with Gasteiger partial charge in [-0.2, -0.15) is 0 Å². The Balaban J connectivity index is 2.08. The SMILES string of the molecule is CN=Cc1cc(CCc2ccccc2)ccc1N. The van der Waals surface area contributed by atoms with Crippen molar-refractivity contribution >= 4 is 11.9 Å². The zero-order valence-corrected chi connectivity index (χ0v) is 10.6. The van der Waals surface area contributed by atoms with Crippen molar-refractivity contribution in [2.45, 2.75) is 12.8 Å². The van der Waals surface area contributed by atoms with Crippen LogP contribution in [-0.4, -0.2) is 13.3 Å². The topological polar surface area (TPSA) is 38.4 Å². The highest BCUT2D eigenvalue weighted by Gasteiger charge is 2.00. The summed E-state index contributed by atoms with van der Waals surface area (Å²) in [5, 5.41) is 0. The number of nitrogens with zero attached hydrogens (tertiary/aromatic N) is 1. The minimum atomic E-state index is 0.782. The molecule has 92 valence electrons. The van der Waals surface area contributed by atoms with E-state index in [1.54, 1.807) is 13.3 Å². The summed E-state index contributed by atoms with van der Waals surface area (Å²) in [6.45, 7) is 0. The molecule has 0 aliphatic heterocycles. The molecule has 0 aliphatic carbocycles. The molecule has 2 rings (SSSR count). The van der Waals surface area contributed by atoms with Crippen LogP contribution in [0.5, 0.6) is 0 Å². The van der Waals surface area contributed by atoms with Crippen molar-refractivity contribution in [1.82, 2.24) is 0 Å². The van der Waals surface area contributed by atoms with Gasteiger partial charge in [0.25, 0.3) is 0 Å². The van der Waals surface area contributed by atoms with Crippen LogP contribution in [0.25, 0.3) is 0 Å². The van der Waals surface area contributed by atoms with E-state index >= 15 is 0 Å². The van der Waals surface area contributed by atoms with Gasteiger partial charge in [-0.3, -0.25) is 4.99 Å². The number of anilines is 1. The van der Waals surface area contributed by atoms with Crippen LogP contribution in [0.1, 0.15) is 16.7 Å². The lowest BCUT2D eigenvalue weighted by atomic mass is 10.0. The maximum atomic E-state index is 5.89. The number of rotatable bonds is 4. The van der Waals surface area contributed by atoms with E-state index in [-0.39, 0.29) is 0 Å². The molecule has 2 heteroatoms. The molecular formula is C16H18N2. The number of nitrogen functional groups attached to an aromatic ring is 1. The second kappa shape index (κ2) is 6.01. The Bertz CT molecular complexity index is 530. The predicted octanol–water partition coefficient (Wildman–Crippen LogP) is 3.10. The molecule has 0 saturated carbocycles. The summed E-state index contributed by atoms with van der Waals surface area (Å²) in [5.74, 6) is 0. The molecular weight excluding hydrogens is 220 g/mol. The third-order valence-corrected chi connectivity index (χ3v) is 2.96. The van der Waals surface area contributed by atoms with E-state index < -0.39 is 0 Å². The van der Waals surface area contributed by atoms with Crippen molar-refractivity contribution in [2.75, 3.05) is 12.8 Å². The van der Waals surface area contributed by atoms with Gasteiger partial charge in [0.05, 0.1) is 0 Å². The van der Waals surface area contributed by atoms with Crippen LogP contribution in [0.4, 0.5) is 5.69 Å². The van der Waals surface area contributed by atoms with Gasteiger partial charge in [-0.25, -0.2) is 0 Å². The second-order valence-corrected chi connectivity index (χ2v) is 4.34. The zero-order chi connectivity index (χ0) is 12.8. The lowest BCUT2D eigenvalue weighted by molar-refractivity contribution is 0.960. The molecule has 0 saturated heterocycles. The van der Waals surface area contributed by atoms with Crippen molar-refractivity contribution < 1.29 is 0 Å². The van der Waals surface area contributed by atoms with Crippen LogP contribution < -0.4 is 5.73 Å². The minimum Gasteiger partial charge on any atom is -0.398 e. The first-order valence-corrected chi connectivity index (χ1v) is 6.14. The van der Waals surface area contributed by atoms with E-state index in [1.165, 1.54) is 11.1 Å². The number of nitrogens with two attached hydrogens (primary N) is 1. The highest BCUT2D eigenvalue weighted by molar-refractivity contribution is 5.87. The minimum absolute atomic E-state index is 0.782. The summed E-state index contributed by atoms with van der Waals surface area (Å²) in [7, 11) is 1.76. The van der Waals surface area contributed by atoms with Crippen molar-refractivity contribution in [3.05, 3.63) is 65.2 Å². The molecule has 0 unspecified atom stereocenters. The van der Waals surface area contributed by atoms with Crippen molar-refractivity contribution in [2.24, 2.45) is 4.99 Å². The summed E-state index contributed by atoms with van der Waals surface area (Å²) in [6, 6.07) is 16.7. The fourth-order valence-corrected chi connectivity index (χ4v) is 1.96. The summed E-state index contributed by atoms with van der Waals surface area (Å²) in [6.07, 6.45) is 3.88. The smallest absolute Gasteiger partial charge is 0.0403 e. The van der Waals surface area contributed by atoms with Gasteiger partial charge in [0.1, 0.15) is 0 Å². The molecule has 0 bridgehead atoms. The van der Waals surface area contributed by atoms with Gasteiger partial charge in [-0.1, -0.05) is 36.4 Å². The maximum absolute atomic E-state index is 5.89. The van der Waals surface area contributed by atoms with Crippen LogP contribution in [0.2, 0.25) is 0 Å². The highest BCUT2D eigenvalue weighted by Crippen LogP contribution is 2.14. The summed E-state index contributed by atoms with van der Waals surface area (Å²) >= 11 is 0. The lowest BCUT2D eigenvalue weighted by Crippen LogP contribution is -1.97. The predicted molar refractivity (Wildman–Crippen MR) is 78.2 cm³/mol. The summed E-state index contributed by atoms with van der Waals surface area (Å²) < 4.78 is 0. The Morgan fingerprint density at radius 2 is 1.72 bits per heavy atom. The molecule has 0 heterocycles. The monoisotopic (exact) mass is 238 g/mol. The van der Waals surface area contributed by atoms with Crippen LogP contribution in [0.3, 0.4) is 0 Å². The molecule has 0 atom stereocenters. The number of benzene rings is 2. The van der Waals surface area contributed by atoms with Crippen LogP contribution in [0, 0.1) is 0 Å². The fourth-order valence-electron chi connectivity index (χ4n) is 1.96. The Kier molecular flexibility index (Phi) is 4.13. The molecule has 0 spiro atoms. The Labute approximate surface area is 108 Å². The summed E-state index contributed by atoms with van der Waals surface area (Å²) in [5.41, 5.74) is 10.3. The molecule has 2 nitrogen and oxygen atoms in total. The molecule has 18 heavy (non-hydrogen) atoms. The highest BCUT2D eigenvalue weighted by atomic mass is 14.6. The molecule has 0 aliphatic rings. The molecule has 2 N–H and O–H groups in total. The van der Waals surface area contributed by atoms with Crippen LogP contribution >= 0.6 is 0 Å². The third-order valence-electron chi connectivity index (χ3n) is 2.96. The zero-order valence-electron chi connectivity index (χ0n) is 10.6. The van der Waals surface area contributed by atoms with Gasteiger partial charge in [-0.15, -0.1) is 0 Å². The molecule has 2 aromatic rings. The van der Waals surface area contributed by atoms with E-state index in [4.69, 9.17) is 5.73 Å². The first-order chi connectivity index (χ1) is 8.79. The van der Waals surface area contributed by atoms with Gasteiger partial charge in [0, 0.05) is 24.5 Å². The normalized spacial score (nSPS) is 10.9. The second-order valence-electron chi connectivity index (χ2n) is 4.34. The Morgan fingerprint density at radius 1 is 1.00 bits per heavy atom. The van der Waals surface area contributed by atoms with Gasteiger partial charge in [0.2, 0.25) is 0 Å². The van der Waals surface area contributed by atoms with Crippen LogP contribution in [0.15, 0.2) is 53.5 Å². The average Bonchev–Trinajstić information content (AvgIpc) is 2.41. The van der Waals surface area contributed by atoms with Gasteiger partial charge in [0.15, 0.2) is 0 Å². The van der Waals surface area contributed by atoms with E-state index in [9.17, 15) is 0 Å². The molecule has 0 radical (unpaired) electrons. The Hall–Kier alpha value is -2.09. The Morgan fingerprint density at radius 3 is 2.44 bits per heavy atom. The number of hydrogen-bond donors (Lipinski definition) is 1. The fraction of sp³-hybridized carbons (Fsp3) is 0.188. The first kappa shape index (κ1) is 12.4. The molecule has 2 aromatic carbocycles. The van der Waals surface area contributed by atoms with Gasteiger partial charge < -0.3 is 5.73 Å². The third kappa shape index (κ3) is 3.20. The largest absolute Gasteiger partial charge is 0.398 e. The van der Waals surface area contributed by atoms with E-state index in [1.807, 2.05) is 12.1 Å². The first-order valence-electron chi connectivity index (χ1n) is 6.14. The number of aliphatic imine (C=N–C) groups is 1. The lowest BCUT2D eigenvalue weighted by Gasteiger charge is -2.05. The quantitative estimate of drug-likeness (QED) is 0.645. The van der Waals surface area contributed by atoms with Crippen molar-refractivity contribution in [1.29, 1.82) is 0 Å². The van der Waals surface area contributed by atoms with E-state index in [0.29, 0.717) is 0 Å². The molecule has 0 aromatic heterocycles.